The zero-order chi connectivity index (χ0) is 15.5. The van der Waals surface area contributed by atoms with Gasteiger partial charge in [-0.05, 0) is 12.8 Å². The highest BCUT2D eigenvalue weighted by atomic mass is 16.4. The summed E-state index contributed by atoms with van der Waals surface area (Å²) in [7, 11) is 0. The molecule has 1 atom stereocenters. The predicted octanol–water partition coefficient (Wildman–Crippen LogP) is -0.273. The lowest BCUT2D eigenvalue weighted by Crippen LogP contribution is -2.42. The van der Waals surface area contributed by atoms with Gasteiger partial charge in [-0.2, -0.15) is 0 Å². The van der Waals surface area contributed by atoms with Crippen LogP contribution in [0.5, 0.6) is 0 Å². The second-order valence-corrected chi connectivity index (χ2v) is 4.35. The molecule has 8 heteroatoms. The number of hydrogen-bond acceptors (Lipinski definition) is 4. The van der Waals surface area contributed by atoms with Gasteiger partial charge in [-0.25, -0.2) is 4.79 Å². The molecule has 0 aliphatic carbocycles. The van der Waals surface area contributed by atoms with Crippen LogP contribution in [0.4, 0.5) is 0 Å². The highest BCUT2D eigenvalue weighted by molar-refractivity contribution is 5.86. The summed E-state index contributed by atoms with van der Waals surface area (Å²) >= 11 is 0. The molecule has 0 fully saturated rings. The maximum atomic E-state index is 11.4. The molecule has 0 heterocycles. The Labute approximate surface area is 116 Å². The molecule has 0 saturated heterocycles. The van der Waals surface area contributed by atoms with Crippen LogP contribution in [-0.2, 0) is 19.2 Å². The Balaban J connectivity index is 3.82. The Morgan fingerprint density at radius 2 is 1.70 bits per heavy atom. The van der Waals surface area contributed by atoms with Crippen molar-refractivity contribution < 1.29 is 29.4 Å². The van der Waals surface area contributed by atoms with E-state index in [0.29, 0.717) is 19.4 Å². The van der Waals surface area contributed by atoms with Crippen molar-refractivity contribution in [2.45, 2.75) is 45.1 Å². The minimum absolute atomic E-state index is 0.110. The lowest BCUT2D eigenvalue weighted by molar-refractivity contribution is -0.147. The quantitative estimate of drug-likeness (QED) is 0.409. The van der Waals surface area contributed by atoms with Crippen molar-refractivity contribution in [3.8, 4) is 0 Å². The fourth-order valence-electron chi connectivity index (χ4n) is 1.49. The van der Waals surface area contributed by atoms with Crippen molar-refractivity contribution in [1.82, 2.24) is 10.6 Å². The van der Waals surface area contributed by atoms with Gasteiger partial charge in [0.15, 0.2) is 0 Å². The van der Waals surface area contributed by atoms with Gasteiger partial charge in [0.05, 0.1) is 6.42 Å². The fraction of sp³-hybridized carbons (Fsp3) is 0.667. The van der Waals surface area contributed by atoms with Gasteiger partial charge >= 0.3 is 11.9 Å². The average molecular weight is 288 g/mol. The number of unbranched alkanes of at least 4 members (excludes halogenated alkanes) is 2. The van der Waals surface area contributed by atoms with Crippen LogP contribution in [0, 0.1) is 0 Å². The minimum Gasteiger partial charge on any atom is -0.481 e. The molecule has 0 aromatic heterocycles. The maximum Gasteiger partial charge on any atom is 0.326 e. The van der Waals surface area contributed by atoms with Gasteiger partial charge in [0.25, 0.3) is 0 Å². The SMILES string of the molecule is CC(=O)NCCCCCC(=O)N[C@@H](CC(=O)O)C(=O)O. The third-order valence-electron chi connectivity index (χ3n) is 2.47. The van der Waals surface area contributed by atoms with Crippen LogP contribution < -0.4 is 10.6 Å². The second kappa shape index (κ2) is 9.76. The topological polar surface area (TPSA) is 133 Å². The van der Waals surface area contributed by atoms with E-state index in [0.717, 1.165) is 6.42 Å². The van der Waals surface area contributed by atoms with E-state index in [4.69, 9.17) is 10.2 Å². The molecular formula is C12H20N2O6. The third kappa shape index (κ3) is 9.86. The van der Waals surface area contributed by atoms with E-state index >= 15 is 0 Å². The number of nitrogens with one attached hydrogen (secondary N) is 2. The average Bonchev–Trinajstić information content (AvgIpc) is 2.31. The zero-order valence-corrected chi connectivity index (χ0v) is 11.3. The molecule has 0 unspecified atom stereocenters. The monoisotopic (exact) mass is 288 g/mol. The second-order valence-electron chi connectivity index (χ2n) is 4.35. The smallest absolute Gasteiger partial charge is 0.326 e. The van der Waals surface area contributed by atoms with Crippen molar-refractivity contribution in [3.63, 3.8) is 0 Å². The molecule has 0 bridgehead atoms. The van der Waals surface area contributed by atoms with E-state index in [1.165, 1.54) is 6.92 Å². The number of carboxylic acids is 2. The summed E-state index contributed by atoms with van der Waals surface area (Å²) < 4.78 is 0. The molecule has 0 radical (unpaired) electrons. The van der Waals surface area contributed by atoms with Gasteiger partial charge in [-0.3, -0.25) is 14.4 Å². The molecule has 0 rings (SSSR count). The largest absolute Gasteiger partial charge is 0.481 e. The number of rotatable bonds is 10. The molecule has 0 aromatic rings. The fourth-order valence-corrected chi connectivity index (χ4v) is 1.49. The third-order valence-corrected chi connectivity index (χ3v) is 2.47. The van der Waals surface area contributed by atoms with Crippen LogP contribution >= 0.6 is 0 Å². The summed E-state index contributed by atoms with van der Waals surface area (Å²) in [5.74, 6) is -3.25. The standard InChI is InChI=1S/C12H20N2O6/c1-8(15)13-6-4-2-3-5-10(16)14-9(12(19)20)7-11(17)18/h9H,2-7H2,1H3,(H,13,15)(H,14,16)(H,17,18)(H,19,20)/t9-/m0/s1. The molecule has 0 aromatic carbocycles. The summed E-state index contributed by atoms with van der Waals surface area (Å²) in [6, 6.07) is -1.40. The highest BCUT2D eigenvalue weighted by Gasteiger charge is 2.22. The summed E-state index contributed by atoms with van der Waals surface area (Å²) in [6.45, 7) is 1.95. The lowest BCUT2D eigenvalue weighted by Gasteiger charge is -2.12. The Hall–Kier alpha value is -2.12. The van der Waals surface area contributed by atoms with Crippen molar-refractivity contribution in [2.24, 2.45) is 0 Å². The number of carbonyl (C=O) groups excluding carboxylic acids is 2. The van der Waals surface area contributed by atoms with E-state index in [2.05, 4.69) is 10.6 Å². The summed E-state index contributed by atoms with van der Waals surface area (Å²) in [5.41, 5.74) is 0. The van der Waals surface area contributed by atoms with E-state index in [1.54, 1.807) is 0 Å². The highest BCUT2D eigenvalue weighted by Crippen LogP contribution is 2.01. The Bertz CT molecular complexity index is 369. The van der Waals surface area contributed by atoms with Gasteiger partial charge in [0.1, 0.15) is 6.04 Å². The molecule has 114 valence electrons. The Kier molecular flexibility index (Phi) is 8.73. The first kappa shape index (κ1) is 17.9. The molecule has 0 saturated carbocycles. The van der Waals surface area contributed by atoms with E-state index in [-0.39, 0.29) is 12.3 Å². The van der Waals surface area contributed by atoms with Crippen LogP contribution in [0.25, 0.3) is 0 Å². The Morgan fingerprint density at radius 3 is 2.20 bits per heavy atom. The normalized spacial score (nSPS) is 11.4. The molecule has 4 N–H and O–H groups in total. The van der Waals surface area contributed by atoms with Gasteiger partial charge in [0.2, 0.25) is 11.8 Å². The van der Waals surface area contributed by atoms with E-state index in [1.807, 2.05) is 0 Å². The van der Waals surface area contributed by atoms with Gasteiger partial charge in [0, 0.05) is 19.9 Å². The van der Waals surface area contributed by atoms with E-state index in [9.17, 15) is 19.2 Å². The number of carboxylic acid groups (broad SMARTS) is 2. The van der Waals surface area contributed by atoms with Gasteiger partial charge < -0.3 is 20.8 Å². The molecule has 0 spiro atoms. The molecule has 2 amide bonds. The maximum absolute atomic E-state index is 11.4. The first-order chi connectivity index (χ1) is 9.32. The van der Waals surface area contributed by atoms with Crippen LogP contribution in [-0.4, -0.2) is 46.6 Å². The van der Waals surface area contributed by atoms with Crippen LogP contribution in [0.1, 0.15) is 39.0 Å². The first-order valence-corrected chi connectivity index (χ1v) is 6.31. The van der Waals surface area contributed by atoms with E-state index < -0.39 is 30.3 Å². The lowest BCUT2D eigenvalue weighted by atomic mass is 10.1. The molecule has 8 nitrogen and oxygen atoms in total. The molecular weight excluding hydrogens is 268 g/mol. The minimum atomic E-state index is -1.40. The Morgan fingerprint density at radius 1 is 1.05 bits per heavy atom. The van der Waals surface area contributed by atoms with Crippen LogP contribution in [0.3, 0.4) is 0 Å². The van der Waals surface area contributed by atoms with Gasteiger partial charge in [-0.15, -0.1) is 0 Å². The summed E-state index contributed by atoms with van der Waals surface area (Å²) in [5, 5.41) is 22.0. The van der Waals surface area contributed by atoms with Crippen LogP contribution in [0.15, 0.2) is 0 Å². The van der Waals surface area contributed by atoms with Crippen molar-refractivity contribution in [3.05, 3.63) is 0 Å². The number of hydrogen-bond donors (Lipinski definition) is 4. The number of amides is 2. The number of carbonyl (C=O) groups is 4. The first-order valence-electron chi connectivity index (χ1n) is 6.31. The zero-order valence-electron chi connectivity index (χ0n) is 11.3. The van der Waals surface area contributed by atoms with Gasteiger partial charge in [-0.1, -0.05) is 6.42 Å². The molecule has 0 aliphatic heterocycles. The van der Waals surface area contributed by atoms with Crippen molar-refractivity contribution in [1.29, 1.82) is 0 Å². The summed E-state index contributed by atoms with van der Waals surface area (Å²) in [4.78, 5) is 43.2. The summed E-state index contributed by atoms with van der Waals surface area (Å²) in [6.07, 6.45) is 1.46. The predicted molar refractivity (Wildman–Crippen MR) is 69.0 cm³/mol. The van der Waals surface area contributed by atoms with Crippen molar-refractivity contribution in [2.75, 3.05) is 6.54 Å². The van der Waals surface area contributed by atoms with Crippen LogP contribution in [0.2, 0.25) is 0 Å². The molecule has 20 heavy (non-hydrogen) atoms. The van der Waals surface area contributed by atoms with Crippen molar-refractivity contribution >= 4 is 23.8 Å². The number of aliphatic carboxylic acids is 2. The molecule has 0 aliphatic rings.